The van der Waals surface area contributed by atoms with Gasteiger partial charge < -0.3 is 15.0 Å². The van der Waals surface area contributed by atoms with E-state index < -0.39 is 15.1 Å². The fourth-order valence-electron chi connectivity index (χ4n) is 3.80. The van der Waals surface area contributed by atoms with Gasteiger partial charge in [-0.15, -0.1) is 0 Å². The molecule has 0 fully saturated rings. The van der Waals surface area contributed by atoms with E-state index in [0.29, 0.717) is 23.5 Å². The molecule has 0 saturated carbocycles. The minimum atomic E-state index is -3.76. The normalized spacial score (nSPS) is 16.5. The fraction of sp³-hybridized carbons (Fsp3) is 0.333. The van der Waals surface area contributed by atoms with Crippen LogP contribution in [0.4, 0.5) is 11.4 Å². The first kappa shape index (κ1) is 19.4. The average Bonchev–Trinajstić information content (AvgIpc) is 3.11. The van der Waals surface area contributed by atoms with E-state index in [2.05, 4.69) is 5.32 Å². The number of nitrogens with one attached hydrogen (secondary N) is 1. The molecule has 2 aliphatic heterocycles. The highest BCUT2D eigenvalue weighted by atomic mass is 32.2. The van der Waals surface area contributed by atoms with Crippen LogP contribution in [-0.4, -0.2) is 38.6 Å². The first-order valence-electron chi connectivity index (χ1n) is 9.47. The molecule has 152 valence electrons. The second kappa shape index (κ2) is 7.18. The van der Waals surface area contributed by atoms with E-state index in [0.717, 1.165) is 17.7 Å². The second-order valence-corrected chi connectivity index (χ2v) is 9.77. The van der Waals surface area contributed by atoms with Crippen molar-refractivity contribution < 1.29 is 22.7 Å². The maximum Gasteiger partial charge on any atom is 0.262 e. The Morgan fingerprint density at radius 1 is 1.28 bits per heavy atom. The van der Waals surface area contributed by atoms with Gasteiger partial charge in [-0.2, -0.15) is 0 Å². The number of benzene rings is 2. The molecule has 2 aromatic rings. The van der Waals surface area contributed by atoms with Crippen molar-refractivity contribution in [2.24, 2.45) is 0 Å². The molecule has 2 heterocycles. The first-order chi connectivity index (χ1) is 13.8. The van der Waals surface area contributed by atoms with Crippen molar-refractivity contribution >= 4 is 33.0 Å². The minimum Gasteiger partial charge on any atom is -0.482 e. The number of para-hydroxylation sites is 1. The number of aryl methyl sites for hydroxylation is 1. The molecule has 8 heteroatoms. The zero-order valence-corrected chi connectivity index (χ0v) is 17.1. The Morgan fingerprint density at radius 3 is 2.83 bits per heavy atom. The quantitative estimate of drug-likeness (QED) is 0.830. The molecular weight excluding hydrogens is 392 g/mol. The molecule has 1 unspecified atom stereocenters. The van der Waals surface area contributed by atoms with Crippen LogP contribution in [0.2, 0.25) is 0 Å². The van der Waals surface area contributed by atoms with E-state index in [1.54, 1.807) is 24.8 Å². The van der Waals surface area contributed by atoms with Gasteiger partial charge in [-0.1, -0.05) is 18.2 Å². The Labute approximate surface area is 169 Å². The molecule has 1 N–H and O–H groups in total. The molecule has 0 aromatic heterocycles. The van der Waals surface area contributed by atoms with Gasteiger partial charge in [-0.3, -0.25) is 9.59 Å². The topological polar surface area (TPSA) is 92.8 Å². The summed E-state index contributed by atoms with van der Waals surface area (Å²) in [5, 5.41) is 1.78. The molecule has 4 rings (SSSR count). The predicted molar refractivity (Wildman–Crippen MR) is 109 cm³/mol. The van der Waals surface area contributed by atoms with Crippen molar-refractivity contribution in [2.45, 2.75) is 36.8 Å². The summed E-state index contributed by atoms with van der Waals surface area (Å²) in [5.41, 5.74) is 2.91. The minimum absolute atomic E-state index is 0.106. The van der Waals surface area contributed by atoms with Gasteiger partial charge in [0.05, 0.1) is 15.8 Å². The molecule has 0 radical (unpaired) electrons. The summed E-state index contributed by atoms with van der Waals surface area (Å²) in [6.45, 7) is 3.63. The molecule has 7 nitrogen and oxygen atoms in total. The number of amides is 2. The molecule has 2 amide bonds. The van der Waals surface area contributed by atoms with E-state index in [9.17, 15) is 18.0 Å². The highest BCUT2D eigenvalue weighted by Gasteiger charge is 2.32. The Hall–Kier alpha value is -2.87. The zero-order chi connectivity index (χ0) is 20.8. The summed E-state index contributed by atoms with van der Waals surface area (Å²) in [5.74, 6) is -0.164. The maximum absolute atomic E-state index is 13.2. The Morgan fingerprint density at radius 2 is 2.03 bits per heavy atom. The number of nitrogens with zero attached hydrogens (tertiary/aromatic N) is 1. The van der Waals surface area contributed by atoms with Crippen molar-refractivity contribution in [3.05, 3.63) is 47.5 Å². The van der Waals surface area contributed by atoms with Gasteiger partial charge in [-0.25, -0.2) is 8.42 Å². The van der Waals surface area contributed by atoms with Crippen molar-refractivity contribution in [2.75, 3.05) is 23.4 Å². The summed E-state index contributed by atoms with van der Waals surface area (Å²) >= 11 is 0. The maximum atomic E-state index is 13.2. The predicted octanol–water partition coefficient (Wildman–Crippen LogP) is 2.47. The largest absolute Gasteiger partial charge is 0.482 e. The number of carbonyl (C=O) groups excluding carboxylic acids is 2. The number of ether oxygens (including phenoxy) is 1. The van der Waals surface area contributed by atoms with E-state index >= 15 is 0 Å². The summed E-state index contributed by atoms with van der Waals surface area (Å²) in [6, 6.07) is 10.7. The number of fused-ring (bicyclic) bond motifs is 2. The van der Waals surface area contributed by atoms with Gasteiger partial charge in [0, 0.05) is 24.7 Å². The number of carbonyl (C=O) groups is 2. The lowest BCUT2D eigenvalue weighted by Gasteiger charge is -2.23. The number of hydrogen-bond donors (Lipinski definition) is 1. The van der Waals surface area contributed by atoms with Crippen molar-refractivity contribution in [1.29, 1.82) is 0 Å². The summed E-state index contributed by atoms with van der Waals surface area (Å²) in [4.78, 5) is 26.1. The molecule has 2 aromatic carbocycles. The van der Waals surface area contributed by atoms with E-state index in [4.69, 9.17) is 4.74 Å². The highest BCUT2D eigenvalue weighted by molar-refractivity contribution is 7.92. The monoisotopic (exact) mass is 414 g/mol. The highest BCUT2D eigenvalue weighted by Crippen LogP contribution is 2.35. The van der Waals surface area contributed by atoms with Gasteiger partial charge in [0.1, 0.15) is 5.75 Å². The number of hydrogen-bond acceptors (Lipinski definition) is 5. The lowest BCUT2D eigenvalue weighted by atomic mass is 10.2. The Kier molecular flexibility index (Phi) is 4.82. The van der Waals surface area contributed by atoms with E-state index in [-0.39, 0.29) is 29.7 Å². The van der Waals surface area contributed by atoms with Gasteiger partial charge in [0.2, 0.25) is 5.91 Å². The molecule has 0 spiro atoms. The van der Waals surface area contributed by atoms with Crippen molar-refractivity contribution in [3.63, 3.8) is 0 Å². The van der Waals surface area contributed by atoms with Gasteiger partial charge in [0.25, 0.3) is 5.91 Å². The number of anilines is 2. The molecule has 0 saturated heterocycles. The summed E-state index contributed by atoms with van der Waals surface area (Å²) < 4.78 is 31.7. The lowest BCUT2D eigenvalue weighted by Crippen LogP contribution is -2.33. The van der Waals surface area contributed by atoms with Crippen LogP contribution in [0.25, 0.3) is 0 Å². The van der Waals surface area contributed by atoms with Gasteiger partial charge in [0.15, 0.2) is 16.4 Å². The second-order valence-electron chi connectivity index (χ2n) is 7.43. The number of sulfone groups is 1. The fourth-order valence-corrected chi connectivity index (χ4v) is 5.38. The Bertz CT molecular complexity index is 1110. The van der Waals surface area contributed by atoms with Crippen LogP contribution in [0.3, 0.4) is 0 Å². The van der Waals surface area contributed by atoms with Crippen LogP contribution < -0.4 is 15.0 Å². The molecule has 1 atom stereocenters. The van der Waals surface area contributed by atoms with E-state index in [1.165, 1.54) is 6.07 Å². The SMILES string of the molecule is Cc1cc2c(cc1S(=O)(=O)C(C)CC(=O)N1CCc3ccccc31)OCC(=O)N2. The summed E-state index contributed by atoms with van der Waals surface area (Å²) in [7, 11) is -3.76. The third-order valence-electron chi connectivity index (χ3n) is 5.40. The Balaban J connectivity index is 1.56. The van der Waals surface area contributed by atoms with Crippen molar-refractivity contribution in [1.82, 2.24) is 0 Å². The standard InChI is InChI=1S/C21H22N2O5S/c1-13-9-16-18(28-12-20(24)22-16)11-19(13)29(26,27)14(2)10-21(25)23-8-7-15-5-3-4-6-17(15)23/h3-6,9,11,14H,7-8,10,12H2,1-2H3,(H,22,24). The van der Waals surface area contributed by atoms with Crippen LogP contribution in [0, 0.1) is 6.92 Å². The molecule has 0 aliphatic carbocycles. The third-order valence-corrected chi connectivity index (χ3v) is 7.68. The molecular formula is C21H22N2O5S. The van der Waals surface area contributed by atoms with Crippen molar-refractivity contribution in [3.8, 4) is 5.75 Å². The molecule has 2 aliphatic rings. The average molecular weight is 414 g/mol. The van der Waals surface area contributed by atoms with Crippen LogP contribution in [0.15, 0.2) is 41.3 Å². The van der Waals surface area contributed by atoms with Crippen LogP contribution in [0.5, 0.6) is 5.75 Å². The van der Waals surface area contributed by atoms with Gasteiger partial charge >= 0.3 is 0 Å². The summed E-state index contributed by atoms with van der Waals surface area (Å²) in [6.07, 6.45) is 0.667. The van der Waals surface area contributed by atoms with E-state index in [1.807, 2.05) is 24.3 Å². The zero-order valence-electron chi connectivity index (χ0n) is 16.3. The lowest BCUT2D eigenvalue weighted by molar-refractivity contribution is -0.119. The van der Waals surface area contributed by atoms with Crippen LogP contribution in [0.1, 0.15) is 24.5 Å². The van der Waals surface area contributed by atoms with Crippen LogP contribution in [-0.2, 0) is 25.8 Å². The third kappa shape index (κ3) is 3.48. The number of rotatable bonds is 4. The molecule has 0 bridgehead atoms. The smallest absolute Gasteiger partial charge is 0.262 e. The first-order valence-corrected chi connectivity index (χ1v) is 11.0. The molecule has 29 heavy (non-hydrogen) atoms. The van der Waals surface area contributed by atoms with Gasteiger partial charge in [-0.05, 0) is 43.5 Å². The van der Waals surface area contributed by atoms with Crippen LogP contribution >= 0.6 is 0 Å².